The Bertz CT molecular complexity index is 747. The fraction of sp³-hybridized carbons (Fsp3) is 0.222. The zero-order valence-corrected chi connectivity index (χ0v) is 15.9. The number of thioether (sulfide) groups is 1. The van der Waals surface area contributed by atoms with Crippen LogP contribution in [-0.4, -0.2) is 24.2 Å². The average Bonchev–Trinajstić information content (AvgIpc) is 2.58. The Morgan fingerprint density at radius 3 is 2.48 bits per heavy atom. The van der Waals surface area contributed by atoms with Gasteiger partial charge in [-0.25, -0.2) is 4.79 Å². The van der Waals surface area contributed by atoms with Crippen LogP contribution in [0.5, 0.6) is 0 Å². The Labute approximate surface area is 160 Å². The summed E-state index contributed by atoms with van der Waals surface area (Å²) in [7, 11) is 0. The molecule has 0 heterocycles. The predicted molar refractivity (Wildman–Crippen MR) is 104 cm³/mol. The number of esters is 1. The maximum Gasteiger partial charge on any atom is 0.338 e. The highest BCUT2D eigenvalue weighted by molar-refractivity contribution is 7.99. The van der Waals surface area contributed by atoms with Gasteiger partial charge in [0.1, 0.15) is 0 Å². The second kappa shape index (κ2) is 9.70. The third kappa shape index (κ3) is 5.96. The molecule has 132 valence electrons. The van der Waals surface area contributed by atoms with Crippen molar-refractivity contribution in [3.63, 3.8) is 0 Å². The van der Waals surface area contributed by atoms with E-state index in [0.29, 0.717) is 33.7 Å². The zero-order chi connectivity index (χ0) is 18.2. The Hall–Kier alpha value is -1.69. The van der Waals surface area contributed by atoms with E-state index in [1.165, 1.54) is 11.8 Å². The molecule has 0 unspecified atom stereocenters. The fourth-order valence-electron chi connectivity index (χ4n) is 2.05. The van der Waals surface area contributed by atoms with Gasteiger partial charge >= 0.3 is 5.97 Å². The molecule has 0 saturated carbocycles. The van der Waals surface area contributed by atoms with Gasteiger partial charge in [0, 0.05) is 21.5 Å². The number of carbonyl (C=O) groups is 2. The number of benzene rings is 2. The van der Waals surface area contributed by atoms with Crippen molar-refractivity contribution in [3.05, 3.63) is 63.6 Å². The van der Waals surface area contributed by atoms with Crippen LogP contribution in [0.2, 0.25) is 10.0 Å². The Morgan fingerprint density at radius 1 is 1.12 bits per heavy atom. The van der Waals surface area contributed by atoms with E-state index in [-0.39, 0.29) is 11.7 Å². The molecule has 4 nitrogen and oxygen atoms in total. The summed E-state index contributed by atoms with van der Waals surface area (Å²) in [4.78, 5) is 23.8. The van der Waals surface area contributed by atoms with E-state index in [4.69, 9.17) is 27.9 Å². The molecule has 0 bridgehead atoms. The van der Waals surface area contributed by atoms with Crippen molar-refractivity contribution in [1.29, 1.82) is 0 Å². The minimum Gasteiger partial charge on any atom is -0.462 e. The van der Waals surface area contributed by atoms with Crippen molar-refractivity contribution in [2.24, 2.45) is 0 Å². The van der Waals surface area contributed by atoms with E-state index in [9.17, 15) is 9.59 Å². The lowest BCUT2D eigenvalue weighted by Crippen LogP contribution is -2.15. The van der Waals surface area contributed by atoms with Gasteiger partial charge in [-0.3, -0.25) is 4.79 Å². The van der Waals surface area contributed by atoms with Gasteiger partial charge in [-0.2, -0.15) is 0 Å². The van der Waals surface area contributed by atoms with Crippen LogP contribution in [0.15, 0.2) is 42.5 Å². The van der Waals surface area contributed by atoms with Crippen LogP contribution < -0.4 is 5.32 Å². The second-order valence-corrected chi connectivity index (χ2v) is 6.84. The first-order chi connectivity index (χ1) is 12.0. The van der Waals surface area contributed by atoms with Crippen LogP contribution in [0.3, 0.4) is 0 Å². The first-order valence-corrected chi connectivity index (χ1v) is 9.50. The van der Waals surface area contributed by atoms with Crippen LogP contribution >= 0.6 is 35.0 Å². The van der Waals surface area contributed by atoms with Gasteiger partial charge in [-0.05, 0) is 42.8 Å². The molecule has 0 saturated heterocycles. The molecule has 0 aliphatic carbocycles. The van der Waals surface area contributed by atoms with Crippen molar-refractivity contribution in [1.82, 2.24) is 0 Å². The molecule has 2 rings (SSSR count). The van der Waals surface area contributed by atoms with E-state index in [1.807, 2.05) is 0 Å². The van der Waals surface area contributed by atoms with Crippen molar-refractivity contribution in [3.8, 4) is 0 Å². The lowest BCUT2D eigenvalue weighted by atomic mass is 10.2. The topological polar surface area (TPSA) is 55.4 Å². The average molecular weight is 398 g/mol. The minimum atomic E-state index is -0.415. The molecule has 2 aromatic rings. The first kappa shape index (κ1) is 19.6. The minimum absolute atomic E-state index is 0.172. The van der Waals surface area contributed by atoms with Gasteiger partial charge in [-0.1, -0.05) is 35.3 Å². The Morgan fingerprint density at radius 2 is 1.80 bits per heavy atom. The molecule has 0 aromatic heterocycles. The quantitative estimate of drug-likeness (QED) is 0.664. The molecular formula is C18H17Cl2NO3S. The molecule has 0 atom stereocenters. The summed E-state index contributed by atoms with van der Waals surface area (Å²) in [6.07, 6.45) is 0. The Kier molecular flexibility index (Phi) is 7.62. The van der Waals surface area contributed by atoms with Gasteiger partial charge in [-0.15, -0.1) is 11.8 Å². The van der Waals surface area contributed by atoms with Crippen molar-refractivity contribution in [2.75, 3.05) is 17.7 Å². The van der Waals surface area contributed by atoms with Crippen LogP contribution in [0.4, 0.5) is 5.69 Å². The monoisotopic (exact) mass is 397 g/mol. The number of hydrogen-bond donors (Lipinski definition) is 1. The van der Waals surface area contributed by atoms with E-state index in [1.54, 1.807) is 49.4 Å². The SMILES string of the molecule is CCOC(=O)c1cccc(NC(=O)CSCc2c(Cl)cccc2Cl)c1. The first-order valence-electron chi connectivity index (χ1n) is 7.59. The van der Waals surface area contributed by atoms with Gasteiger partial charge in [0.2, 0.25) is 5.91 Å². The number of rotatable bonds is 7. The highest BCUT2D eigenvalue weighted by atomic mass is 35.5. The fourth-order valence-corrected chi connectivity index (χ4v) is 3.62. The molecule has 1 amide bonds. The van der Waals surface area contributed by atoms with Gasteiger partial charge in [0.05, 0.1) is 17.9 Å². The number of halogens is 2. The number of carbonyl (C=O) groups excluding carboxylic acids is 2. The Balaban J connectivity index is 1.88. The summed E-state index contributed by atoms with van der Waals surface area (Å²) < 4.78 is 4.94. The highest BCUT2D eigenvalue weighted by Crippen LogP contribution is 2.28. The van der Waals surface area contributed by atoms with Crippen molar-refractivity contribution in [2.45, 2.75) is 12.7 Å². The zero-order valence-electron chi connectivity index (χ0n) is 13.6. The van der Waals surface area contributed by atoms with E-state index in [2.05, 4.69) is 5.32 Å². The molecule has 2 aromatic carbocycles. The summed E-state index contributed by atoms with van der Waals surface area (Å²) in [5.41, 5.74) is 1.76. The molecule has 0 radical (unpaired) electrons. The van der Waals surface area contributed by atoms with Gasteiger partial charge in [0.25, 0.3) is 0 Å². The van der Waals surface area contributed by atoms with Crippen molar-refractivity contribution >= 4 is 52.5 Å². The molecule has 0 aliphatic rings. The molecule has 0 aliphatic heterocycles. The molecule has 25 heavy (non-hydrogen) atoms. The van der Waals surface area contributed by atoms with E-state index in [0.717, 1.165) is 5.56 Å². The number of nitrogens with one attached hydrogen (secondary N) is 1. The second-order valence-electron chi connectivity index (χ2n) is 5.04. The maximum atomic E-state index is 12.1. The van der Waals surface area contributed by atoms with Gasteiger partial charge < -0.3 is 10.1 Å². The highest BCUT2D eigenvalue weighted by Gasteiger charge is 2.10. The van der Waals surface area contributed by atoms with E-state index >= 15 is 0 Å². The lowest BCUT2D eigenvalue weighted by Gasteiger charge is -2.08. The molecular weight excluding hydrogens is 381 g/mol. The predicted octanol–water partition coefficient (Wildman–Crippen LogP) is 5.04. The number of amides is 1. The normalized spacial score (nSPS) is 10.4. The summed E-state index contributed by atoms with van der Waals surface area (Å²) in [6, 6.07) is 12.0. The summed E-state index contributed by atoms with van der Waals surface area (Å²) >= 11 is 13.6. The third-order valence-corrected chi connectivity index (χ3v) is 4.87. The number of ether oxygens (including phenoxy) is 1. The standard InChI is InChI=1S/C18H17Cl2NO3S/c1-2-24-18(23)12-5-3-6-13(9-12)21-17(22)11-25-10-14-15(19)7-4-8-16(14)20/h3-9H,2,10-11H2,1H3,(H,21,22). The van der Waals surface area contributed by atoms with Crippen molar-refractivity contribution < 1.29 is 14.3 Å². The van der Waals surface area contributed by atoms with Crippen LogP contribution in [-0.2, 0) is 15.3 Å². The van der Waals surface area contributed by atoms with E-state index < -0.39 is 5.97 Å². The smallest absolute Gasteiger partial charge is 0.338 e. The molecule has 0 spiro atoms. The molecule has 1 N–H and O–H groups in total. The number of anilines is 1. The third-order valence-electron chi connectivity index (χ3n) is 3.20. The maximum absolute atomic E-state index is 12.1. The number of hydrogen-bond acceptors (Lipinski definition) is 4. The lowest BCUT2D eigenvalue weighted by molar-refractivity contribution is -0.113. The van der Waals surface area contributed by atoms with Crippen LogP contribution in [0, 0.1) is 0 Å². The molecule has 7 heteroatoms. The van der Waals surface area contributed by atoms with Gasteiger partial charge in [0.15, 0.2) is 0 Å². The summed E-state index contributed by atoms with van der Waals surface area (Å²) in [5.74, 6) is 0.190. The van der Waals surface area contributed by atoms with Crippen LogP contribution in [0.25, 0.3) is 0 Å². The largest absolute Gasteiger partial charge is 0.462 e. The summed E-state index contributed by atoms with van der Waals surface area (Å²) in [5, 5.41) is 3.93. The van der Waals surface area contributed by atoms with Crippen LogP contribution in [0.1, 0.15) is 22.8 Å². The summed E-state index contributed by atoms with van der Waals surface area (Å²) in [6.45, 7) is 2.04. The molecule has 0 fully saturated rings.